The van der Waals surface area contributed by atoms with Crippen LogP contribution in [0.3, 0.4) is 0 Å². The van der Waals surface area contributed by atoms with Crippen molar-refractivity contribution in [1.82, 2.24) is 19.9 Å². The van der Waals surface area contributed by atoms with Crippen LogP contribution in [0.15, 0.2) is 24.3 Å². The average molecular weight is 532 g/mol. The minimum atomic E-state index is -4.72. The van der Waals surface area contributed by atoms with Crippen LogP contribution in [0.25, 0.3) is 0 Å². The first-order valence-electron chi connectivity index (χ1n) is 13.9. The van der Waals surface area contributed by atoms with Crippen molar-refractivity contribution >= 4 is 23.5 Å². The van der Waals surface area contributed by atoms with Crippen LogP contribution < -0.4 is 20.3 Å². The number of piperazine rings is 1. The van der Waals surface area contributed by atoms with Crippen molar-refractivity contribution in [2.45, 2.75) is 63.8 Å². The van der Waals surface area contributed by atoms with Crippen molar-refractivity contribution in [3.63, 3.8) is 0 Å². The lowest BCUT2D eigenvalue weighted by Crippen LogP contribution is -2.64. The Labute approximate surface area is 221 Å². The van der Waals surface area contributed by atoms with Gasteiger partial charge in [-0.3, -0.25) is 4.90 Å². The van der Waals surface area contributed by atoms with Gasteiger partial charge in [0, 0.05) is 44.0 Å². The fourth-order valence-electron chi connectivity index (χ4n) is 7.58. The van der Waals surface area contributed by atoms with E-state index >= 15 is 0 Å². The lowest BCUT2D eigenvalue weighted by Gasteiger charge is -2.61. The maximum atomic E-state index is 12.5. The number of aromatic nitrogens is 3. The molecule has 1 aliphatic heterocycles. The molecule has 2 aromatic rings. The molecule has 4 bridgehead atoms. The summed E-state index contributed by atoms with van der Waals surface area (Å²) in [7, 11) is 0. The van der Waals surface area contributed by atoms with Gasteiger partial charge < -0.3 is 20.3 Å². The lowest BCUT2D eigenvalue weighted by molar-refractivity contribution is -0.274. The molecule has 4 saturated carbocycles. The fourth-order valence-corrected chi connectivity index (χ4v) is 7.58. The van der Waals surface area contributed by atoms with Crippen LogP contribution >= 0.6 is 0 Å². The van der Waals surface area contributed by atoms with E-state index in [1.165, 1.54) is 62.8 Å². The molecule has 5 fully saturated rings. The van der Waals surface area contributed by atoms with E-state index in [-0.39, 0.29) is 5.75 Å². The Morgan fingerprint density at radius 3 is 2.08 bits per heavy atom. The number of anilines is 4. The highest BCUT2D eigenvalue weighted by Crippen LogP contribution is 2.57. The molecular weight excluding hydrogens is 495 g/mol. The largest absolute Gasteiger partial charge is 0.573 e. The van der Waals surface area contributed by atoms with Gasteiger partial charge in [-0.1, -0.05) is 6.92 Å². The summed E-state index contributed by atoms with van der Waals surface area (Å²) >= 11 is 0. The molecule has 5 aliphatic rings. The first-order valence-corrected chi connectivity index (χ1v) is 13.9. The molecule has 206 valence electrons. The second kappa shape index (κ2) is 10.1. The number of hydrogen-bond acceptors (Lipinski definition) is 8. The predicted molar refractivity (Wildman–Crippen MR) is 140 cm³/mol. The molecular formula is C27H36F3N7O. The summed E-state index contributed by atoms with van der Waals surface area (Å²) in [6.07, 6.45) is 4.67. The number of alkyl halides is 3. The number of nitrogens with zero attached hydrogens (tertiary/aromatic N) is 5. The lowest BCUT2D eigenvalue weighted by atomic mass is 9.52. The van der Waals surface area contributed by atoms with Gasteiger partial charge in [0.2, 0.25) is 17.8 Å². The van der Waals surface area contributed by atoms with E-state index in [0.29, 0.717) is 29.1 Å². The first kappa shape index (κ1) is 25.5. The molecule has 4 aliphatic carbocycles. The zero-order valence-corrected chi connectivity index (χ0v) is 21.8. The van der Waals surface area contributed by atoms with Gasteiger partial charge >= 0.3 is 6.36 Å². The molecule has 1 aromatic carbocycles. The highest BCUT2D eigenvalue weighted by molar-refractivity contribution is 5.57. The molecule has 0 radical (unpaired) electrons. The number of halogens is 3. The Morgan fingerprint density at radius 2 is 1.50 bits per heavy atom. The molecule has 2 heterocycles. The van der Waals surface area contributed by atoms with Crippen LogP contribution in [0, 0.1) is 17.8 Å². The number of nitrogens with one attached hydrogen (secondary N) is 2. The number of ether oxygens (including phenoxy) is 1. The van der Waals surface area contributed by atoms with Crippen molar-refractivity contribution in [1.29, 1.82) is 0 Å². The van der Waals surface area contributed by atoms with Crippen molar-refractivity contribution in [2.24, 2.45) is 17.8 Å². The van der Waals surface area contributed by atoms with Gasteiger partial charge in [0.25, 0.3) is 0 Å². The van der Waals surface area contributed by atoms with Gasteiger partial charge in [0.15, 0.2) is 0 Å². The highest BCUT2D eigenvalue weighted by atomic mass is 19.4. The van der Waals surface area contributed by atoms with E-state index in [0.717, 1.165) is 56.9 Å². The zero-order valence-electron chi connectivity index (χ0n) is 21.8. The van der Waals surface area contributed by atoms with E-state index < -0.39 is 6.36 Å². The molecule has 0 unspecified atom stereocenters. The molecule has 7 rings (SSSR count). The number of rotatable bonds is 8. The van der Waals surface area contributed by atoms with Crippen LogP contribution in [0.5, 0.6) is 5.75 Å². The third-order valence-corrected chi connectivity index (χ3v) is 8.74. The summed E-state index contributed by atoms with van der Waals surface area (Å²) in [5, 5.41) is 6.36. The Kier molecular flexibility index (Phi) is 6.74. The van der Waals surface area contributed by atoms with Gasteiger partial charge in [-0.05, 0) is 87.0 Å². The smallest absolute Gasteiger partial charge is 0.406 e. The Balaban J connectivity index is 1.15. The van der Waals surface area contributed by atoms with Crippen LogP contribution in [-0.2, 0) is 0 Å². The molecule has 1 saturated heterocycles. The number of hydrogen-bond donors (Lipinski definition) is 2. The van der Waals surface area contributed by atoms with E-state index in [4.69, 9.17) is 4.98 Å². The molecule has 38 heavy (non-hydrogen) atoms. The summed E-state index contributed by atoms with van der Waals surface area (Å²) < 4.78 is 41.4. The zero-order chi connectivity index (χ0) is 26.3. The van der Waals surface area contributed by atoms with Crippen molar-refractivity contribution in [2.75, 3.05) is 48.3 Å². The third kappa shape index (κ3) is 5.48. The van der Waals surface area contributed by atoms with Crippen molar-refractivity contribution in [3.8, 4) is 5.75 Å². The molecule has 2 N–H and O–H groups in total. The third-order valence-electron chi connectivity index (χ3n) is 8.74. The average Bonchev–Trinajstić information content (AvgIpc) is 2.87. The quantitative estimate of drug-likeness (QED) is 0.467. The Bertz CT molecular complexity index is 1080. The van der Waals surface area contributed by atoms with Gasteiger partial charge in [0.05, 0.1) is 0 Å². The van der Waals surface area contributed by atoms with Crippen LogP contribution in [-0.4, -0.2) is 64.5 Å². The topological polar surface area (TPSA) is 78.4 Å². The van der Waals surface area contributed by atoms with Gasteiger partial charge in [-0.2, -0.15) is 15.0 Å². The summed E-state index contributed by atoms with van der Waals surface area (Å²) in [4.78, 5) is 18.9. The second-order valence-corrected chi connectivity index (χ2v) is 11.5. The SMILES string of the molecule is CCCNc1nc(Nc2ccc(OC(F)(F)F)cc2)nc(N2CCN(C34CC5CC(CC(C5)C3)C4)CC2)n1. The van der Waals surface area contributed by atoms with Crippen molar-refractivity contribution in [3.05, 3.63) is 24.3 Å². The van der Waals surface area contributed by atoms with E-state index in [1.807, 2.05) is 0 Å². The van der Waals surface area contributed by atoms with E-state index in [1.54, 1.807) is 0 Å². The summed E-state index contributed by atoms with van der Waals surface area (Å²) in [6.45, 7) is 6.55. The molecule has 1 aromatic heterocycles. The van der Waals surface area contributed by atoms with Crippen molar-refractivity contribution < 1.29 is 17.9 Å². The van der Waals surface area contributed by atoms with Crippen LogP contribution in [0.4, 0.5) is 36.7 Å². The fraction of sp³-hybridized carbons (Fsp3) is 0.667. The second-order valence-electron chi connectivity index (χ2n) is 11.5. The Morgan fingerprint density at radius 1 is 0.895 bits per heavy atom. The maximum Gasteiger partial charge on any atom is 0.573 e. The van der Waals surface area contributed by atoms with Gasteiger partial charge in [0.1, 0.15) is 5.75 Å². The minimum Gasteiger partial charge on any atom is -0.406 e. The summed E-state index contributed by atoms with van der Waals surface area (Å²) in [6, 6.07) is 5.54. The molecule has 0 amide bonds. The normalized spacial score (nSPS) is 28.9. The minimum absolute atomic E-state index is 0.276. The standard InChI is InChI=1S/C27H36F3N7O/c1-2-7-31-23-33-24(32-21-3-5-22(6-4-21)38-27(28,29)30)35-25(34-23)36-8-10-37(11-9-36)26-15-18-12-19(16-26)14-20(13-18)17-26/h3-6,18-20H,2,7-17H2,1H3,(H2,31,32,33,34,35). The monoisotopic (exact) mass is 531 g/mol. The van der Waals surface area contributed by atoms with E-state index in [9.17, 15) is 13.2 Å². The maximum absolute atomic E-state index is 12.5. The molecule has 11 heteroatoms. The van der Waals surface area contributed by atoms with Crippen LogP contribution in [0.1, 0.15) is 51.9 Å². The summed E-state index contributed by atoms with van der Waals surface area (Å²) in [5.41, 5.74) is 0.965. The summed E-state index contributed by atoms with van der Waals surface area (Å²) in [5.74, 6) is 3.96. The molecule has 0 atom stereocenters. The van der Waals surface area contributed by atoms with E-state index in [2.05, 4.69) is 42.1 Å². The molecule has 0 spiro atoms. The van der Waals surface area contributed by atoms with Gasteiger partial charge in [-0.15, -0.1) is 13.2 Å². The highest BCUT2D eigenvalue weighted by Gasteiger charge is 2.53. The first-order chi connectivity index (χ1) is 18.3. The predicted octanol–water partition coefficient (Wildman–Crippen LogP) is 5.43. The van der Waals surface area contributed by atoms with Crippen LogP contribution in [0.2, 0.25) is 0 Å². The Hall–Kier alpha value is -2.82. The number of benzene rings is 1. The molecule has 8 nitrogen and oxygen atoms in total. The van der Waals surface area contributed by atoms with Gasteiger partial charge in [-0.25, -0.2) is 0 Å².